The van der Waals surface area contributed by atoms with Crippen molar-refractivity contribution in [3.8, 4) is 0 Å². The Bertz CT molecular complexity index is 339. The molecule has 0 bridgehead atoms. The maximum atomic E-state index is 9.58. The van der Waals surface area contributed by atoms with Crippen molar-refractivity contribution in [2.24, 2.45) is 0 Å². The molecular formula is C13H19N2O. The Kier molecular flexibility index (Phi) is 3.17. The Labute approximate surface area is 97.3 Å². The van der Waals surface area contributed by atoms with E-state index in [0.717, 1.165) is 19.5 Å². The van der Waals surface area contributed by atoms with Crippen molar-refractivity contribution in [2.45, 2.75) is 12.0 Å². The molecule has 0 aliphatic carbocycles. The normalized spacial score (nSPS) is 25.4. The first-order valence-corrected chi connectivity index (χ1v) is 5.67. The smallest absolute Gasteiger partial charge is 0.0633 e. The van der Waals surface area contributed by atoms with E-state index < -0.39 is 0 Å². The molecule has 0 aromatic heterocycles. The molecule has 87 valence electrons. The summed E-state index contributed by atoms with van der Waals surface area (Å²) in [4.78, 5) is 4.46. The quantitative estimate of drug-likeness (QED) is 0.821. The molecule has 1 aliphatic rings. The lowest BCUT2D eigenvalue weighted by Crippen LogP contribution is -2.49. The van der Waals surface area contributed by atoms with E-state index in [1.807, 2.05) is 26.2 Å². The third-order valence-corrected chi connectivity index (χ3v) is 3.64. The summed E-state index contributed by atoms with van der Waals surface area (Å²) in [6.07, 6.45) is 1.01. The van der Waals surface area contributed by atoms with Crippen LogP contribution in [0.1, 0.15) is 6.42 Å². The molecular weight excluding hydrogens is 200 g/mol. The van der Waals surface area contributed by atoms with Crippen LogP contribution in [-0.2, 0) is 0 Å². The molecule has 3 nitrogen and oxygen atoms in total. The van der Waals surface area contributed by atoms with Gasteiger partial charge in [0.25, 0.3) is 0 Å². The maximum absolute atomic E-state index is 9.58. The van der Waals surface area contributed by atoms with Gasteiger partial charge in [0.1, 0.15) is 0 Å². The first-order valence-electron chi connectivity index (χ1n) is 5.67. The van der Waals surface area contributed by atoms with E-state index in [4.69, 9.17) is 0 Å². The second kappa shape index (κ2) is 4.44. The van der Waals surface area contributed by atoms with E-state index in [1.165, 1.54) is 5.69 Å². The number of likely N-dealkylation sites (N-methyl/N-ethyl adjacent to an activating group) is 1. The van der Waals surface area contributed by atoms with Crippen molar-refractivity contribution in [2.75, 3.05) is 38.7 Å². The zero-order chi connectivity index (χ0) is 11.6. The van der Waals surface area contributed by atoms with Crippen LogP contribution >= 0.6 is 0 Å². The highest BCUT2D eigenvalue weighted by Crippen LogP contribution is 2.29. The van der Waals surface area contributed by atoms with Crippen molar-refractivity contribution in [1.29, 1.82) is 0 Å². The number of benzene rings is 1. The average Bonchev–Trinajstić information content (AvgIpc) is 2.76. The van der Waals surface area contributed by atoms with Gasteiger partial charge in [-0.1, -0.05) is 12.1 Å². The molecule has 0 amide bonds. The van der Waals surface area contributed by atoms with E-state index >= 15 is 0 Å². The maximum Gasteiger partial charge on any atom is 0.0633 e. The highest BCUT2D eigenvalue weighted by molar-refractivity contribution is 5.47. The van der Waals surface area contributed by atoms with Crippen LogP contribution < -0.4 is 4.90 Å². The summed E-state index contributed by atoms with van der Waals surface area (Å²) >= 11 is 0. The highest BCUT2D eigenvalue weighted by atomic mass is 16.3. The largest absolute Gasteiger partial charge is 0.394 e. The lowest BCUT2D eigenvalue weighted by atomic mass is 9.99. The van der Waals surface area contributed by atoms with Gasteiger partial charge >= 0.3 is 0 Å². The van der Waals surface area contributed by atoms with Gasteiger partial charge in [0.2, 0.25) is 0 Å². The van der Waals surface area contributed by atoms with Crippen LogP contribution in [0.25, 0.3) is 0 Å². The molecule has 1 aliphatic heterocycles. The molecule has 1 N–H and O–H groups in total. The highest BCUT2D eigenvalue weighted by Gasteiger charge is 2.39. The molecule has 1 aromatic carbocycles. The minimum Gasteiger partial charge on any atom is -0.394 e. The average molecular weight is 219 g/mol. The van der Waals surface area contributed by atoms with Crippen LogP contribution in [0.2, 0.25) is 0 Å². The number of rotatable bonds is 3. The molecule has 1 fully saturated rings. The van der Waals surface area contributed by atoms with E-state index in [-0.39, 0.29) is 12.1 Å². The monoisotopic (exact) mass is 219 g/mol. The molecule has 0 spiro atoms. The molecule has 1 atom stereocenters. The van der Waals surface area contributed by atoms with Gasteiger partial charge in [0, 0.05) is 18.8 Å². The van der Waals surface area contributed by atoms with Crippen LogP contribution in [0.3, 0.4) is 0 Å². The van der Waals surface area contributed by atoms with Gasteiger partial charge < -0.3 is 10.0 Å². The summed E-state index contributed by atoms with van der Waals surface area (Å²) in [5, 5.41) is 9.58. The molecule has 3 heteroatoms. The minimum absolute atomic E-state index is 0.0838. The summed E-state index contributed by atoms with van der Waals surface area (Å²) < 4.78 is 0. The summed E-state index contributed by atoms with van der Waals surface area (Å²) in [6.45, 7) is 2.11. The molecule has 0 saturated carbocycles. The molecule has 1 heterocycles. The fourth-order valence-electron chi connectivity index (χ4n) is 2.30. The van der Waals surface area contributed by atoms with Crippen molar-refractivity contribution < 1.29 is 5.11 Å². The molecule has 1 saturated heterocycles. The zero-order valence-corrected chi connectivity index (χ0v) is 9.98. The van der Waals surface area contributed by atoms with Crippen LogP contribution in [0.15, 0.2) is 24.3 Å². The third-order valence-electron chi connectivity index (χ3n) is 3.64. The van der Waals surface area contributed by atoms with Gasteiger partial charge in [-0.3, -0.25) is 4.90 Å². The number of aliphatic hydroxyl groups excluding tert-OH is 1. The van der Waals surface area contributed by atoms with E-state index in [0.29, 0.717) is 0 Å². The Morgan fingerprint density at radius 1 is 1.44 bits per heavy atom. The van der Waals surface area contributed by atoms with Gasteiger partial charge in [-0.25, -0.2) is 0 Å². The predicted molar refractivity (Wildman–Crippen MR) is 65.6 cm³/mol. The first-order chi connectivity index (χ1) is 7.68. The molecule has 1 unspecified atom stereocenters. The van der Waals surface area contributed by atoms with Gasteiger partial charge in [-0.05, 0) is 38.7 Å². The summed E-state index contributed by atoms with van der Waals surface area (Å²) in [6, 6.07) is 11.0. The second-order valence-corrected chi connectivity index (χ2v) is 4.71. The van der Waals surface area contributed by atoms with Crippen LogP contribution in [0, 0.1) is 6.07 Å². The summed E-state index contributed by atoms with van der Waals surface area (Å²) in [7, 11) is 4.08. The summed E-state index contributed by atoms with van der Waals surface area (Å²) in [5.74, 6) is 0. The molecule has 16 heavy (non-hydrogen) atoms. The lowest BCUT2D eigenvalue weighted by molar-refractivity contribution is 0.0867. The lowest BCUT2D eigenvalue weighted by Gasteiger charge is -2.34. The number of hydrogen-bond donors (Lipinski definition) is 1. The van der Waals surface area contributed by atoms with Gasteiger partial charge in [-0.15, -0.1) is 0 Å². The number of nitrogens with zero attached hydrogens (tertiary/aromatic N) is 2. The van der Waals surface area contributed by atoms with E-state index in [9.17, 15) is 5.11 Å². The molecule has 1 radical (unpaired) electrons. The SMILES string of the molecule is CN(C)C1(CO)CCN(c2cc[c]cc2)C1. The van der Waals surface area contributed by atoms with E-state index in [1.54, 1.807) is 0 Å². The standard InChI is InChI=1S/C13H19N2O/c1-14(2)13(11-16)8-9-15(10-13)12-6-4-3-5-7-12/h4-7,16H,8-11H2,1-2H3. The van der Waals surface area contributed by atoms with Gasteiger partial charge in [0.15, 0.2) is 0 Å². The predicted octanol–water partition coefficient (Wildman–Crippen LogP) is 0.990. The Morgan fingerprint density at radius 2 is 2.12 bits per heavy atom. The Morgan fingerprint density at radius 3 is 2.62 bits per heavy atom. The van der Waals surface area contributed by atoms with Crippen molar-refractivity contribution >= 4 is 5.69 Å². The second-order valence-electron chi connectivity index (χ2n) is 4.71. The number of anilines is 1. The minimum atomic E-state index is -0.0838. The summed E-state index contributed by atoms with van der Waals surface area (Å²) in [5.41, 5.74) is 1.13. The van der Waals surface area contributed by atoms with Crippen molar-refractivity contribution in [3.05, 3.63) is 30.3 Å². The van der Waals surface area contributed by atoms with Crippen LogP contribution in [0.4, 0.5) is 5.69 Å². The van der Waals surface area contributed by atoms with Gasteiger partial charge in [0.05, 0.1) is 12.1 Å². The fraction of sp³-hybridized carbons (Fsp3) is 0.538. The van der Waals surface area contributed by atoms with Gasteiger partial charge in [-0.2, -0.15) is 0 Å². The Balaban J connectivity index is 2.14. The molecule has 1 aromatic rings. The van der Waals surface area contributed by atoms with E-state index in [2.05, 4.69) is 28.0 Å². The van der Waals surface area contributed by atoms with Crippen LogP contribution in [0.5, 0.6) is 0 Å². The number of hydrogen-bond acceptors (Lipinski definition) is 3. The topological polar surface area (TPSA) is 26.7 Å². The number of aliphatic hydroxyl groups is 1. The first kappa shape index (κ1) is 11.4. The zero-order valence-electron chi connectivity index (χ0n) is 9.98. The van der Waals surface area contributed by atoms with Crippen molar-refractivity contribution in [3.63, 3.8) is 0 Å². The fourth-order valence-corrected chi connectivity index (χ4v) is 2.30. The third kappa shape index (κ3) is 1.93. The van der Waals surface area contributed by atoms with Crippen LogP contribution in [-0.4, -0.2) is 49.3 Å². The molecule has 2 rings (SSSR count). The van der Waals surface area contributed by atoms with Crippen molar-refractivity contribution in [1.82, 2.24) is 4.90 Å². The Hall–Kier alpha value is -1.06.